The first-order valence-electron chi connectivity index (χ1n) is 7.23. The number of aliphatic hydroxyl groups excluding tert-OH is 2. The fourth-order valence-corrected chi connectivity index (χ4v) is 2.22. The van der Waals surface area contributed by atoms with Gasteiger partial charge in [-0.15, -0.1) is 0 Å². The average Bonchev–Trinajstić information content (AvgIpc) is 2.83. The van der Waals surface area contributed by atoms with E-state index in [0.29, 0.717) is 18.6 Å². The maximum atomic E-state index is 11.7. The summed E-state index contributed by atoms with van der Waals surface area (Å²) in [6.07, 6.45) is 1.90. The van der Waals surface area contributed by atoms with Gasteiger partial charge < -0.3 is 19.7 Å². The van der Waals surface area contributed by atoms with E-state index in [2.05, 4.69) is 4.98 Å². The van der Waals surface area contributed by atoms with Crippen molar-refractivity contribution in [2.24, 2.45) is 0 Å². The third-order valence-electron chi connectivity index (χ3n) is 3.51. The quantitative estimate of drug-likeness (QED) is 0.737. The van der Waals surface area contributed by atoms with Crippen LogP contribution in [-0.4, -0.2) is 45.2 Å². The Kier molecular flexibility index (Phi) is 5.33. The first-order chi connectivity index (χ1) is 10.1. The Balaban J connectivity index is 2.24. The molecule has 2 N–H and O–H groups in total. The molecule has 21 heavy (non-hydrogen) atoms. The van der Waals surface area contributed by atoms with Crippen molar-refractivity contribution in [3.63, 3.8) is 0 Å². The van der Waals surface area contributed by atoms with Crippen LogP contribution >= 0.6 is 0 Å². The van der Waals surface area contributed by atoms with E-state index in [9.17, 15) is 9.90 Å². The smallest absolute Gasteiger partial charge is 0.301 e. The molecule has 3 atom stereocenters. The number of nitrogens with zero attached hydrogens (tertiary/aromatic N) is 2. The molecule has 7 heteroatoms. The summed E-state index contributed by atoms with van der Waals surface area (Å²) < 4.78 is 12.8. The molecule has 1 aromatic heterocycles. The molecule has 2 rings (SSSR count). The number of aliphatic hydroxyl groups is 2. The zero-order valence-corrected chi connectivity index (χ0v) is 12.4. The molecule has 0 spiro atoms. The van der Waals surface area contributed by atoms with E-state index in [4.69, 9.17) is 14.6 Å². The minimum absolute atomic E-state index is 0.190. The highest BCUT2D eigenvalue weighted by atomic mass is 16.6. The fraction of sp³-hybridized carbons (Fsp3) is 0.714. The molecule has 1 aliphatic heterocycles. The monoisotopic (exact) mass is 298 g/mol. The summed E-state index contributed by atoms with van der Waals surface area (Å²) in [5.41, 5.74) is 0.137. The van der Waals surface area contributed by atoms with Gasteiger partial charge in [-0.3, -0.25) is 9.36 Å². The Labute approximate surface area is 123 Å². The van der Waals surface area contributed by atoms with Gasteiger partial charge in [0.1, 0.15) is 12.3 Å². The lowest BCUT2D eigenvalue weighted by Crippen LogP contribution is -2.24. The Morgan fingerprint density at radius 2 is 2.33 bits per heavy atom. The van der Waals surface area contributed by atoms with Crippen LogP contribution in [0.25, 0.3) is 0 Å². The van der Waals surface area contributed by atoms with E-state index >= 15 is 0 Å². The highest BCUT2D eigenvalue weighted by Gasteiger charge is 2.35. The standard InChI is InChI=1S/C14H22N2O5/c1-3-4-5-20-14-15-13(19)9(2)7-16(14)12-6-10(18)11(8-17)21-12/h7,10-12,17-18H,3-6,8H2,1-2H3/t10-,11+,12+/m0/s1. The maximum Gasteiger partial charge on any atom is 0.301 e. The predicted molar refractivity (Wildman–Crippen MR) is 75.3 cm³/mol. The van der Waals surface area contributed by atoms with Crippen molar-refractivity contribution in [1.82, 2.24) is 9.55 Å². The minimum atomic E-state index is -0.747. The number of hydrogen-bond acceptors (Lipinski definition) is 6. The van der Waals surface area contributed by atoms with E-state index in [-0.39, 0.29) is 18.2 Å². The molecule has 1 aromatic rings. The number of unbranched alkanes of at least 4 members (excludes halogenated alkanes) is 1. The van der Waals surface area contributed by atoms with Crippen molar-refractivity contribution in [2.45, 2.75) is 51.5 Å². The highest BCUT2D eigenvalue weighted by Crippen LogP contribution is 2.30. The second kappa shape index (κ2) is 7.02. The van der Waals surface area contributed by atoms with Gasteiger partial charge in [-0.2, -0.15) is 4.98 Å². The van der Waals surface area contributed by atoms with Crippen molar-refractivity contribution >= 4 is 0 Å². The summed E-state index contributed by atoms with van der Waals surface area (Å²) >= 11 is 0. The molecular weight excluding hydrogens is 276 g/mol. The SMILES string of the molecule is CCCCOc1nc(=O)c(C)cn1[C@H]1C[C@H](O)[C@@H](CO)O1. The Hall–Kier alpha value is -1.44. The van der Waals surface area contributed by atoms with E-state index in [1.165, 1.54) is 0 Å². The van der Waals surface area contributed by atoms with Gasteiger partial charge in [-0.1, -0.05) is 13.3 Å². The van der Waals surface area contributed by atoms with Crippen LogP contribution in [0.5, 0.6) is 6.01 Å². The largest absolute Gasteiger partial charge is 0.465 e. The van der Waals surface area contributed by atoms with Crippen LogP contribution in [0, 0.1) is 6.92 Å². The highest BCUT2D eigenvalue weighted by molar-refractivity contribution is 5.10. The van der Waals surface area contributed by atoms with Crippen molar-refractivity contribution in [2.75, 3.05) is 13.2 Å². The van der Waals surface area contributed by atoms with Crippen molar-refractivity contribution in [3.05, 3.63) is 22.1 Å². The molecular formula is C14H22N2O5. The first kappa shape index (κ1) is 15.9. The first-order valence-corrected chi connectivity index (χ1v) is 7.23. The van der Waals surface area contributed by atoms with Crippen molar-refractivity contribution in [3.8, 4) is 6.01 Å². The molecule has 2 heterocycles. The van der Waals surface area contributed by atoms with Crippen LogP contribution in [0.4, 0.5) is 0 Å². The maximum absolute atomic E-state index is 11.7. The summed E-state index contributed by atoms with van der Waals surface area (Å²) in [6, 6.07) is 0.190. The summed E-state index contributed by atoms with van der Waals surface area (Å²) in [5, 5.41) is 19.0. The lowest BCUT2D eigenvalue weighted by atomic mass is 10.2. The summed E-state index contributed by atoms with van der Waals surface area (Å²) in [4.78, 5) is 15.6. The van der Waals surface area contributed by atoms with Gasteiger partial charge >= 0.3 is 6.01 Å². The Bertz CT molecular complexity index is 531. The fourth-order valence-electron chi connectivity index (χ4n) is 2.22. The van der Waals surface area contributed by atoms with E-state index in [1.54, 1.807) is 17.7 Å². The van der Waals surface area contributed by atoms with Gasteiger partial charge in [0.05, 0.1) is 19.3 Å². The third kappa shape index (κ3) is 3.61. The Morgan fingerprint density at radius 3 is 2.95 bits per heavy atom. The number of rotatable bonds is 6. The molecule has 0 bridgehead atoms. The van der Waals surface area contributed by atoms with Gasteiger partial charge in [0, 0.05) is 18.2 Å². The second-order valence-electron chi connectivity index (χ2n) is 5.24. The number of aryl methyl sites for hydroxylation is 1. The van der Waals surface area contributed by atoms with Crippen LogP contribution in [0.1, 0.15) is 38.0 Å². The minimum Gasteiger partial charge on any atom is -0.465 e. The van der Waals surface area contributed by atoms with Gasteiger partial charge in [-0.25, -0.2) is 0 Å². The van der Waals surface area contributed by atoms with Crippen molar-refractivity contribution in [1.29, 1.82) is 0 Å². The normalized spacial score (nSPS) is 25.2. The molecule has 0 radical (unpaired) electrons. The second-order valence-corrected chi connectivity index (χ2v) is 5.24. The lowest BCUT2D eigenvalue weighted by molar-refractivity contribution is -0.0474. The third-order valence-corrected chi connectivity index (χ3v) is 3.51. The van der Waals surface area contributed by atoms with Crippen LogP contribution < -0.4 is 10.3 Å². The zero-order chi connectivity index (χ0) is 15.4. The van der Waals surface area contributed by atoms with E-state index < -0.39 is 18.4 Å². The van der Waals surface area contributed by atoms with E-state index in [0.717, 1.165) is 12.8 Å². The summed E-state index contributed by atoms with van der Waals surface area (Å²) in [7, 11) is 0. The molecule has 1 saturated heterocycles. The molecule has 0 amide bonds. The number of hydrogen-bond donors (Lipinski definition) is 2. The molecule has 0 unspecified atom stereocenters. The van der Waals surface area contributed by atoms with Gasteiger partial charge in [0.15, 0.2) is 0 Å². The van der Waals surface area contributed by atoms with Gasteiger partial charge in [0.2, 0.25) is 0 Å². The molecule has 0 saturated carbocycles. The Morgan fingerprint density at radius 1 is 1.57 bits per heavy atom. The lowest BCUT2D eigenvalue weighted by Gasteiger charge is -2.19. The zero-order valence-electron chi connectivity index (χ0n) is 12.4. The molecule has 0 aromatic carbocycles. The van der Waals surface area contributed by atoms with Crippen molar-refractivity contribution < 1.29 is 19.7 Å². The average molecular weight is 298 g/mol. The van der Waals surface area contributed by atoms with Gasteiger partial charge in [-0.05, 0) is 13.3 Å². The molecule has 1 fully saturated rings. The number of aromatic nitrogens is 2. The predicted octanol–water partition coefficient (Wildman–Crippen LogP) is 0.371. The van der Waals surface area contributed by atoms with Crippen LogP contribution in [0.2, 0.25) is 0 Å². The number of ether oxygens (including phenoxy) is 2. The van der Waals surface area contributed by atoms with Crippen LogP contribution in [-0.2, 0) is 4.74 Å². The van der Waals surface area contributed by atoms with E-state index in [1.807, 2.05) is 6.92 Å². The topological polar surface area (TPSA) is 93.8 Å². The van der Waals surface area contributed by atoms with Gasteiger partial charge in [0.25, 0.3) is 5.56 Å². The van der Waals surface area contributed by atoms with Crippen LogP contribution in [0.3, 0.4) is 0 Å². The summed E-state index contributed by atoms with van der Waals surface area (Å²) in [6.45, 7) is 3.92. The molecule has 118 valence electrons. The summed E-state index contributed by atoms with van der Waals surface area (Å²) in [5.74, 6) is 0. The van der Waals surface area contributed by atoms with Crippen LogP contribution in [0.15, 0.2) is 11.0 Å². The molecule has 7 nitrogen and oxygen atoms in total. The molecule has 1 aliphatic rings. The molecule has 0 aliphatic carbocycles.